The van der Waals surface area contributed by atoms with Gasteiger partial charge in [-0.25, -0.2) is 9.59 Å². The fourth-order valence-electron chi connectivity index (χ4n) is 2.66. The third kappa shape index (κ3) is 4.75. The molecule has 0 saturated carbocycles. The van der Waals surface area contributed by atoms with Crippen LogP contribution in [-0.2, 0) is 9.47 Å². The van der Waals surface area contributed by atoms with Crippen molar-refractivity contribution in [3.8, 4) is 0 Å². The van der Waals surface area contributed by atoms with E-state index in [9.17, 15) is 14.4 Å². The average molecular weight is 372 g/mol. The molecule has 0 bridgehead atoms. The van der Waals surface area contributed by atoms with Crippen LogP contribution in [-0.4, -0.2) is 35.5 Å². The van der Waals surface area contributed by atoms with Crippen LogP contribution in [0, 0.1) is 13.8 Å². The molecule has 0 aliphatic carbocycles. The number of nitrogens with one attached hydrogen (secondary N) is 2. The molecule has 144 valence electrons. The maximum absolute atomic E-state index is 12.6. The van der Waals surface area contributed by atoms with E-state index < -0.39 is 11.9 Å². The number of hydrogen-bond donors (Lipinski definition) is 2. The fraction of sp³-hybridized carbons (Fsp3) is 0.350. The molecule has 2 N–H and O–H groups in total. The van der Waals surface area contributed by atoms with Gasteiger partial charge in [0.2, 0.25) is 0 Å². The maximum Gasteiger partial charge on any atom is 0.355 e. The molecule has 1 aromatic carbocycles. The first kappa shape index (κ1) is 20.2. The third-order valence-electron chi connectivity index (χ3n) is 3.87. The highest BCUT2D eigenvalue weighted by Crippen LogP contribution is 2.21. The first-order valence-electron chi connectivity index (χ1n) is 8.73. The number of amides is 1. The fourth-order valence-corrected chi connectivity index (χ4v) is 2.66. The Balaban J connectivity index is 2.16. The second kappa shape index (κ2) is 8.53. The number of anilines is 1. The molecule has 1 amide bonds. The van der Waals surface area contributed by atoms with Crippen molar-refractivity contribution in [3.63, 3.8) is 0 Å². The molecule has 0 aliphatic rings. The monoisotopic (exact) mass is 372 g/mol. The standard InChI is InChI=1S/C20H24N2O5/c1-6-26-20(25)17-12(4)16(13(5)21-17)18(23)22-15-9-7-14(8-10-15)19(24)27-11(2)3/h7-11,21H,6H2,1-5H3,(H,22,23). The van der Waals surface area contributed by atoms with E-state index in [4.69, 9.17) is 9.47 Å². The molecule has 1 heterocycles. The van der Waals surface area contributed by atoms with Gasteiger partial charge >= 0.3 is 11.9 Å². The number of benzene rings is 1. The Morgan fingerprint density at radius 3 is 2.26 bits per heavy atom. The Kier molecular flexibility index (Phi) is 6.39. The number of H-pyrrole nitrogens is 1. The van der Waals surface area contributed by atoms with Crippen molar-refractivity contribution >= 4 is 23.5 Å². The second-order valence-electron chi connectivity index (χ2n) is 6.33. The number of aromatic amines is 1. The zero-order valence-corrected chi connectivity index (χ0v) is 16.1. The van der Waals surface area contributed by atoms with Gasteiger partial charge in [0.1, 0.15) is 5.69 Å². The number of ether oxygens (including phenoxy) is 2. The van der Waals surface area contributed by atoms with E-state index in [1.54, 1.807) is 58.9 Å². The van der Waals surface area contributed by atoms with Gasteiger partial charge in [-0.1, -0.05) is 0 Å². The minimum Gasteiger partial charge on any atom is -0.461 e. The largest absolute Gasteiger partial charge is 0.461 e. The number of hydrogen-bond acceptors (Lipinski definition) is 5. The number of carbonyl (C=O) groups is 3. The lowest BCUT2D eigenvalue weighted by molar-refractivity contribution is 0.0377. The SMILES string of the molecule is CCOC(=O)c1[nH]c(C)c(C(=O)Nc2ccc(C(=O)OC(C)C)cc2)c1C. The highest BCUT2D eigenvalue weighted by atomic mass is 16.5. The molecule has 2 rings (SSSR count). The van der Waals surface area contributed by atoms with Gasteiger partial charge in [0.25, 0.3) is 5.91 Å². The molecular formula is C20H24N2O5. The van der Waals surface area contributed by atoms with Crippen LogP contribution in [0.4, 0.5) is 5.69 Å². The minimum atomic E-state index is -0.495. The zero-order valence-electron chi connectivity index (χ0n) is 16.1. The van der Waals surface area contributed by atoms with Crippen LogP contribution in [0.3, 0.4) is 0 Å². The van der Waals surface area contributed by atoms with Crippen LogP contribution in [0.2, 0.25) is 0 Å². The van der Waals surface area contributed by atoms with E-state index in [0.29, 0.717) is 28.1 Å². The van der Waals surface area contributed by atoms with Gasteiger partial charge in [0.15, 0.2) is 0 Å². The summed E-state index contributed by atoms with van der Waals surface area (Å²) in [5.74, 6) is -1.27. The summed E-state index contributed by atoms with van der Waals surface area (Å²) < 4.78 is 10.1. The molecule has 0 fully saturated rings. The van der Waals surface area contributed by atoms with Crippen LogP contribution in [0.15, 0.2) is 24.3 Å². The summed E-state index contributed by atoms with van der Waals surface area (Å²) in [6.45, 7) is 8.93. The van der Waals surface area contributed by atoms with Crippen molar-refractivity contribution in [3.05, 3.63) is 52.3 Å². The molecule has 1 aromatic heterocycles. The highest BCUT2D eigenvalue weighted by molar-refractivity contribution is 6.08. The van der Waals surface area contributed by atoms with E-state index in [1.807, 2.05) is 0 Å². The third-order valence-corrected chi connectivity index (χ3v) is 3.87. The molecule has 0 spiro atoms. The Morgan fingerprint density at radius 2 is 1.70 bits per heavy atom. The lowest BCUT2D eigenvalue weighted by Crippen LogP contribution is -2.15. The molecule has 2 aromatic rings. The van der Waals surface area contributed by atoms with E-state index in [2.05, 4.69) is 10.3 Å². The van der Waals surface area contributed by atoms with Crippen LogP contribution in [0.5, 0.6) is 0 Å². The average Bonchev–Trinajstić information content (AvgIpc) is 2.89. The quantitative estimate of drug-likeness (QED) is 0.755. The smallest absolute Gasteiger partial charge is 0.355 e. The summed E-state index contributed by atoms with van der Waals surface area (Å²) in [5, 5.41) is 2.77. The molecule has 0 aliphatic heterocycles. The van der Waals surface area contributed by atoms with Crippen molar-refractivity contribution in [2.24, 2.45) is 0 Å². The maximum atomic E-state index is 12.6. The molecular weight excluding hydrogens is 348 g/mol. The molecule has 27 heavy (non-hydrogen) atoms. The van der Waals surface area contributed by atoms with E-state index in [0.717, 1.165) is 0 Å². The first-order valence-corrected chi connectivity index (χ1v) is 8.73. The van der Waals surface area contributed by atoms with Crippen LogP contribution >= 0.6 is 0 Å². The summed E-state index contributed by atoms with van der Waals surface area (Å²) in [4.78, 5) is 39.4. The Morgan fingerprint density at radius 1 is 1.07 bits per heavy atom. The minimum absolute atomic E-state index is 0.204. The second-order valence-corrected chi connectivity index (χ2v) is 6.33. The van der Waals surface area contributed by atoms with Crippen molar-refractivity contribution in [2.75, 3.05) is 11.9 Å². The highest BCUT2D eigenvalue weighted by Gasteiger charge is 2.22. The molecule has 0 radical (unpaired) electrons. The van der Waals surface area contributed by atoms with Gasteiger partial charge in [-0.15, -0.1) is 0 Å². The number of aryl methyl sites for hydroxylation is 1. The first-order chi connectivity index (χ1) is 12.7. The summed E-state index contributed by atoms with van der Waals surface area (Å²) in [6, 6.07) is 6.42. The zero-order chi connectivity index (χ0) is 20.1. The van der Waals surface area contributed by atoms with Gasteiger partial charge in [0.05, 0.1) is 23.8 Å². The number of rotatable bonds is 6. The van der Waals surface area contributed by atoms with E-state index >= 15 is 0 Å². The van der Waals surface area contributed by atoms with Crippen LogP contribution < -0.4 is 5.32 Å². The lowest BCUT2D eigenvalue weighted by atomic mass is 10.1. The number of aromatic nitrogens is 1. The van der Waals surface area contributed by atoms with Crippen molar-refractivity contribution < 1.29 is 23.9 Å². The van der Waals surface area contributed by atoms with Crippen molar-refractivity contribution in [1.82, 2.24) is 4.98 Å². The summed E-state index contributed by atoms with van der Waals surface area (Å²) >= 11 is 0. The van der Waals surface area contributed by atoms with Gasteiger partial charge in [-0.2, -0.15) is 0 Å². The normalized spacial score (nSPS) is 10.6. The predicted molar refractivity (Wildman–Crippen MR) is 101 cm³/mol. The van der Waals surface area contributed by atoms with Crippen LogP contribution in [0.25, 0.3) is 0 Å². The number of esters is 2. The van der Waals surface area contributed by atoms with Crippen LogP contribution in [0.1, 0.15) is 63.2 Å². The van der Waals surface area contributed by atoms with Gasteiger partial charge in [-0.3, -0.25) is 4.79 Å². The van der Waals surface area contributed by atoms with Gasteiger partial charge < -0.3 is 19.8 Å². The lowest BCUT2D eigenvalue weighted by Gasteiger charge is -2.09. The molecule has 0 unspecified atom stereocenters. The number of carbonyl (C=O) groups excluding carboxylic acids is 3. The van der Waals surface area contributed by atoms with E-state index in [-0.39, 0.29) is 24.3 Å². The Hall–Kier alpha value is -3.09. The predicted octanol–water partition coefficient (Wildman–Crippen LogP) is 3.63. The van der Waals surface area contributed by atoms with E-state index in [1.165, 1.54) is 0 Å². The van der Waals surface area contributed by atoms with Gasteiger partial charge in [-0.05, 0) is 64.4 Å². The van der Waals surface area contributed by atoms with Crippen molar-refractivity contribution in [2.45, 2.75) is 40.7 Å². The summed E-state index contributed by atoms with van der Waals surface area (Å²) in [7, 11) is 0. The van der Waals surface area contributed by atoms with Gasteiger partial charge in [0, 0.05) is 11.4 Å². The Labute approximate surface area is 158 Å². The summed E-state index contributed by atoms with van der Waals surface area (Å²) in [5.41, 5.74) is 2.69. The van der Waals surface area contributed by atoms with Crippen molar-refractivity contribution in [1.29, 1.82) is 0 Å². The topological polar surface area (TPSA) is 97.5 Å². The molecule has 0 atom stereocenters. The molecule has 7 heteroatoms. The Bertz CT molecular complexity index is 850. The molecule has 7 nitrogen and oxygen atoms in total. The molecule has 0 saturated heterocycles. The summed E-state index contributed by atoms with van der Waals surface area (Å²) in [6.07, 6.45) is -0.204.